The summed E-state index contributed by atoms with van der Waals surface area (Å²) in [7, 11) is 0. The predicted octanol–water partition coefficient (Wildman–Crippen LogP) is 2.86. The molecule has 0 aromatic carbocycles. The van der Waals surface area contributed by atoms with Crippen molar-refractivity contribution >= 4 is 23.1 Å². The molecule has 0 aliphatic heterocycles. The molecule has 0 radical (unpaired) electrons. The number of aryl methyl sites for hydroxylation is 2. The van der Waals surface area contributed by atoms with E-state index in [4.69, 9.17) is 4.98 Å². The van der Waals surface area contributed by atoms with Crippen molar-refractivity contribution in [1.82, 2.24) is 10.3 Å². The topological polar surface area (TPSA) is 24.9 Å². The van der Waals surface area contributed by atoms with Crippen molar-refractivity contribution in [3.63, 3.8) is 0 Å². The first-order valence-corrected chi connectivity index (χ1v) is 8.05. The highest BCUT2D eigenvalue weighted by atomic mass is 32.2. The molecule has 0 saturated heterocycles. The van der Waals surface area contributed by atoms with Crippen molar-refractivity contribution in [3.05, 3.63) is 15.6 Å². The van der Waals surface area contributed by atoms with E-state index >= 15 is 0 Å². The number of hydrogen-bond acceptors (Lipinski definition) is 4. The average Bonchev–Trinajstić information content (AvgIpc) is 2.83. The minimum absolute atomic E-state index is 0.587. The van der Waals surface area contributed by atoms with E-state index < -0.39 is 0 Å². The van der Waals surface area contributed by atoms with Crippen LogP contribution in [0.3, 0.4) is 0 Å². The highest BCUT2D eigenvalue weighted by Crippen LogP contribution is 2.27. The van der Waals surface area contributed by atoms with E-state index in [1.165, 1.54) is 46.3 Å². The maximum absolute atomic E-state index is 4.69. The zero-order valence-corrected chi connectivity index (χ0v) is 11.7. The lowest BCUT2D eigenvalue weighted by molar-refractivity contribution is 0.593. The second-order valence-corrected chi connectivity index (χ2v) is 6.76. The minimum Gasteiger partial charge on any atom is -0.307 e. The fourth-order valence-electron chi connectivity index (χ4n) is 1.93. The molecule has 1 unspecified atom stereocenters. The predicted molar refractivity (Wildman–Crippen MR) is 73.4 cm³/mol. The van der Waals surface area contributed by atoms with Crippen LogP contribution in [-0.2, 0) is 19.4 Å². The van der Waals surface area contributed by atoms with Gasteiger partial charge in [-0.2, -0.15) is 11.8 Å². The quantitative estimate of drug-likeness (QED) is 0.847. The first-order chi connectivity index (χ1) is 7.79. The summed E-state index contributed by atoms with van der Waals surface area (Å²) in [6.07, 6.45) is 3.77. The van der Waals surface area contributed by atoms with Gasteiger partial charge in [0.2, 0.25) is 0 Å². The van der Waals surface area contributed by atoms with Crippen LogP contribution in [-0.4, -0.2) is 22.5 Å². The van der Waals surface area contributed by atoms with E-state index in [1.807, 2.05) is 23.1 Å². The molecule has 0 amide bonds. The van der Waals surface area contributed by atoms with Gasteiger partial charge in [0.1, 0.15) is 5.01 Å². The second-order valence-electron chi connectivity index (χ2n) is 4.27. The average molecular weight is 256 g/mol. The summed E-state index contributed by atoms with van der Waals surface area (Å²) in [5.41, 5.74) is 1.37. The third-order valence-corrected chi connectivity index (χ3v) is 5.12. The summed E-state index contributed by atoms with van der Waals surface area (Å²) < 4.78 is 0. The van der Waals surface area contributed by atoms with Crippen LogP contribution in [0.4, 0.5) is 0 Å². The summed E-state index contributed by atoms with van der Waals surface area (Å²) in [5.74, 6) is 2.40. The van der Waals surface area contributed by atoms with Gasteiger partial charge in [0.05, 0.1) is 5.69 Å². The fourth-order valence-corrected chi connectivity index (χ4v) is 3.75. The van der Waals surface area contributed by atoms with E-state index in [0.717, 1.165) is 6.54 Å². The number of rotatable bonds is 6. The summed E-state index contributed by atoms with van der Waals surface area (Å²) in [6, 6.07) is 0.587. The van der Waals surface area contributed by atoms with Gasteiger partial charge in [-0.1, -0.05) is 6.92 Å². The monoisotopic (exact) mass is 256 g/mol. The molecule has 1 N–H and O–H groups in total. The molecule has 1 atom stereocenters. The molecular formula is C12H20N2S2. The van der Waals surface area contributed by atoms with E-state index in [0.29, 0.717) is 6.04 Å². The molecule has 1 aromatic rings. The summed E-state index contributed by atoms with van der Waals surface area (Å²) in [6.45, 7) is 5.41. The first kappa shape index (κ1) is 12.4. The molecule has 2 nitrogen and oxygen atoms in total. The zero-order valence-electron chi connectivity index (χ0n) is 10.1. The number of thioether (sulfide) groups is 1. The maximum Gasteiger partial charge on any atom is 0.107 e. The Morgan fingerprint density at radius 2 is 2.38 bits per heavy atom. The normalized spacial score (nSPS) is 16.4. The Labute approximate surface area is 106 Å². The third kappa shape index (κ3) is 3.22. The standard InChI is InChI=1S/C12H20N2S2/c1-3-15-8-9(2)13-7-12-14-10-5-4-6-11(10)16-12/h9,13H,3-8H2,1-2H3. The first-order valence-electron chi connectivity index (χ1n) is 6.08. The van der Waals surface area contributed by atoms with Crippen molar-refractivity contribution < 1.29 is 0 Å². The van der Waals surface area contributed by atoms with Crippen LogP contribution in [0.15, 0.2) is 0 Å². The lowest BCUT2D eigenvalue weighted by Gasteiger charge is -2.11. The molecule has 0 spiro atoms. The van der Waals surface area contributed by atoms with Crippen molar-refractivity contribution in [2.45, 2.75) is 45.7 Å². The summed E-state index contributed by atoms with van der Waals surface area (Å²) in [4.78, 5) is 6.23. The third-order valence-electron chi connectivity index (χ3n) is 2.81. The molecule has 90 valence electrons. The fraction of sp³-hybridized carbons (Fsp3) is 0.750. The molecular weight excluding hydrogens is 236 g/mol. The number of nitrogens with one attached hydrogen (secondary N) is 1. The van der Waals surface area contributed by atoms with Crippen LogP contribution in [0, 0.1) is 0 Å². The van der Waals surface area contributed by atoms with E-state index in [9.17, 15) is 0 Å². The van der Waals surface area contributed by atoms with Gasteiger partial charge in [-0.15, -0.1) is 11.3 Å². The Morgan fingerprint density at radius 1 is 1.50 bits per heavy atom. The molecule has 0 saturated carbocycles. The van der Waals surface area contributed by atoms with Crippen molar-refractivity contribution in [2.24, 2.45) is 0 Å². The molecule has 1 aliphatic rings. The SMILES string of the molecule is CCSCC(C)NCc1nc2c(s1)CCC2. The number of aromatic nitrogens is 1. The van der Waals surface area contributed by atoms with Gasteiger partial charge in [0.25, 0.3) is 0 Å². The van der Waals surface area contributed by atoms with Gasteiger partial charge < -0.3 is 5.32 Å². The lowest BCUT2D eigenvalue weighted by atomic mass is 10.4. The Morgan fingerprint density at radius 3 is 3.12 bits per heavy atom. The molecule has 0 bridgehead atoms. The van der Waals surface area contributed by atoms with Gasteiger partial charge >= 0.3 is 0 Å². The van der Waals surface area contributed by atoms with Crippen LogP contribution in [0.5, 0.6) is 0 Å². The van der Waals surface area contributed by atoms with Gasteiger partial charge in [-0.25, -0.2) is 4.98 Å². The highest BCUT2D eigenvalue weighted by molar-refractivity contribution is 7.99. The molecule has 16 heavy (non-hydrogen) atoms. The zero-order chi connectivity index (χ0) is 11.4. The van der Waals surface area contributed by atoms with Crippen LogP contribution >= 0.6 is 23.1 Å². The number of hydrogen-bond donors (Lipinski definition) is 1. The Bertz CT molecular complexity index is 314. The van der Waals surface area contributed by atoms with Crippen LogP contribution in [0.25, 0.3) is 0 Å². The minimum atomic E-state index is 0.587. The maximum atomic E-state index is 4.69. The van der Waals surface area contributed by atoms with Gasteiger partial charge in [-0.05, 0) is 31.9 Å². The van der Waals surface area contributed by atoms with Crippen molar-refractivity contribution in [1.29, 1.82) is 0 Å². The van der Waals surface area contributed by atoms with Gasteiger partial charge in [0.15, 0.2) is 0 Å². The van der Waals surface area contributed by atoms with Crippen molar-refractivity contribution in [2.75, 3.05) is 11.5 Å². The van der Waals surface area contributed by atoms with E-state index in [-0.39, 0.29) is 0 Å². The number of nitrogens with zero attached hydrogens (tertiary/aromatic N) is 1. The summed E-state index contributed by atoms with van der Waals surface area (Å²) >= 11 is 3.90. The lowest BCUT2D eigenvalue weighted by Crippen LogP contribution is -2.27. The molecule has 1 aliphatic carbocycles. The van der Waals surface area contributed by atoms with Crippen LogP contribution < -0.4 is 5.32 Å². The molecule has 4 heteroatoms. The summed E-state index contributed by atoms with van der Waals surface area (Å²) in [5, 5.41) is 4.83. The molecule has 2 rings (SSSR count). The Balaban J connectivity index is 1.76. The highest BCUT2D eigenvalue weighted by Gasteiger charge is 2.16. The Hall–Kier alpha value is -0.0600. The van der Waals surface area contributed by atoms with E-state index in [1.54, 1.807) is 0 Å². The van der Waals surface area contributed by atoms with Crippen LogP contribution in [0.1, 0.15) is 35.8 Å². The number of fused-ring (bicyclic) bond motifs is 1. The van der Waals surface area contributed by atoms with Gasteiger partial charge in [-0.3, -0.25) is 0 Å². The molecule has 1 heterocycles. The number of thiazole rings is 1. The van der Waals surface area contributed by atoms with Crippen molar-refractivity contribution in [3.8, 4) is 0 Å². The van der Waals surface area contributed by atoms with E-state index in [2.05, 4.69) is 19.2 Å². The largest absolute Gasteiger partial charge is 0.307 e. The second kappa shape index (κ2) is 6.03. The Kier molecular flexibility index (Phi) is 4.67. The van der Waals surface area contributed by atoms with Gasteiger partial charge in [0, 0.05) is 23.2 Å². The smallest absolute Gasteiger partial charge is 0.107 e. The molecule has 1 aromatic heterocycles. The van der Waals surface area contributed by atoms with Crippen LogP contribution in [0.2, 0.25) is 0 Å². The molecule has 0 fully saturated rings.